The molecule has 0 saturated heterocycles. The number of rotatable bonds is 5. The Hall–Kier alpha value is -1.91. The van der Waals surface area contributed by atoms with Gasteiger partial charge in [0.2, 0.25) is 0 Å². The molecule has 2 rings (SSSR count). The van der Waals surface area contributed by atoms with Gasteiger partial charge in [0.15, 0.2) is 5.65 Å². The van der Waals surface area contributed by atoms with Crippen molar-refractivity contribution in [3.05, 3.63) is 23.7 Å². The van der Waals surface area contributed by atoms with Crippen molar-refractivity contribution in [2.75, 3.05) is 0 Å². The molecule has 0 aliphatic rings. The van der Waals surface area contributed by atoms with E-state index in [0.29, 0.717) is 11.2 Å². The lowest BCUT2D eigenvalue weighted by atomic mass is 10.2. The zero-order valence-corrected chi connectivity index (χ0v) is 9.73. The van der Waals surface area contributed by atoms with E-state index in [9.17, 15) is 4.79 Å². The quantitative estimate of drug-likeness (QED) is 0.777. The van der Waals surface area contributed by atoms with Gasteiger partial charge >= 0.3 is 5.97 Å². The molecule has 0 amide bonds. The fourth-order valence-electron chi connectivity index (χ4n) is 1.73. The van der Waals surface area contributed by atoms with Gasteiger partial charge in [-0.05, 0) is 12.5 Å². The van der Waals surface area contributed by atoms with E-state index in [1.165, 1.54) is 19.0 Å². The van der Waals surface area contributed by atoms with E-state index >= 15 is 0 Å². The SMILES string of the molecule is CCCCCc1nc2ncc(C(=O)O)cc2[nH]1. The molecule has 17 heavy (non-hydrogen) atoms. The van der Waals surface area contributed by atoms with Crippen molar-refractivity contribution in [3.63, 3.8) is 0 Å². The lowest BCUT2D eigenvalue weighted by Gasteiger charge is -1.93. The number of carboxylic acids is 1. The lowest BCUT2D eigenvalue weighted by Crippen LogP contribution is -1.96. The first kappa shape index (κ1) is 11.6. The smallest absolute Gasteiger partial charge is 0.337 e. The molecule has 5 nitrogen and oxygen atoms in total. The Labute approximate surface area is 98.9 Å². The van der Waals surface area contributed by atoms with Crippen LogP contribution in [0.5, 0.6) is 0 Å². The van der Waals surface area contributed by atoms with Gasteiger partial charge < -0.3 is 10.1 Å². The molecule has 90 valence electrons. The summed E-state index contributed by atoms with van der Waals surface area (Å²) in [5, 5.41) is 8.85. The van der Waals surface area contributed by atoms with Crippen LogP contribution in [0.25, 0.3) is 11.2 Å². The number of fused-ring (bicyclic) bond motifs is 1. The summed E-state index contributed by atoms with van der Waals surface area (Å²) in [5.41, 5.74) is 1.46. The summed E-state index contributed by atoms with van der Waals surface area (Å²) in [7, 11) is 0. The van der Waals surface area contributed by atoms with E-state index in [2.05, 4.69) is 21.9 Å². The average Bonchev–Trinajstić information content (AvgIpc) is 2.70. The summed E-state index contributed by atoms with van der Waals surface area (Å²) in [6.07, 6.45) is 5.64. The lowest BCUT2D eigenvalue weighted by molar-refractivity contribution is 0.0696. The van der Waals surface area contributed by atoms with E-state index in [1.54, 1.807) is 6.07 Å². The molecular formula is C12H15N3O2. The van der Waals surface area contributed by atoms with Crippen molar-refractivity contribution in [2.24, 2.45) is 0 Å². The molecule has 0 unspecified atom stereocenters. The Morgan fingerprint density at radius 2 is 2.29 bits per heavy atom. The van der Waals surface area contributed by atoms with Crippen LogP contribution in [-0.4, -0.2) is 26.0 Å². The normalized spacial score (nSPS) is 10.9. The average molecular weight is 233 g/mol. The Bertz CT molecular complexity index is 534. The van der Waals surface area contributed by atoms with Gasteiger partial charge in [-0.3, -0.25) is 0 Å². The van der Waals surface area contributed by atoms with Gasteiger partial charge in [-0.2, -0.15) is 0 Å². The minimum atomic E-state index is -0.971. The predicted octanol–water partition coefficient (Wildman–Crippen LogP) is 2.39. The first-order valence-electron chi connectivity index (χ1n) is 5.78. The highest BCUT2D eigenvalue weighted by molar-refractivity contribution is 5.90. The Morgan fingerprint density at radius 3 is 3.00 bits per heavy atom. The molecule has 0 radical (unpaired) electrons. The predicted molar refractivity (Wildman–Crippen MR) is 64.1 cm³/mol. The first-order chi connectivity index (χ1) is 8.20. The molecule has 2 aromatic heterocycles. The number of H-pyrrole nitrogens is 1. The molecule has 5 heteroatoms. The summed E-state index contributed by atoms with van der Waals surface area (Å²) in [5.74, 6) is -0.0926. The van der Waals surface area contributed by atoms with Gasteiger partial charge in [0.25, 0.3) is 0 Å². The maximum atomic E-state index is 10.8. The third-order valence-electron chi connectivity index (χ3n) is 2.65. The number of aromatic carboxylic acids is 1. The second-order valence-corrected chi connectivity index (χ2v) is 4.04. The fourth-order valence-corrected chi connectivity index (χ4v) is 1.73. The standard InChI is InChI=1S/C12H15N3O2/c1-2-3-4-5-10-14-9-6-8(12(16)17)7-13-11(9)15-10/h6-7H,2-5H2,1H3,(H,16,17)(H,13,14,15). The van der Waals surface area contributed by atoms with Crippen molar-refractivity contribution in [1.29, 1.82) is 0 Å². The Morgan fingerprint density at radius 1 is 1.47 bits per heavy atom. The van der Waals surface area contributed by atoms with E-state index in [1.807, 2.05) is 0 Å². The number of nitrogens with zero attached hydrogens (tertiary/aromatic N) is 2. The van der Waals surface area contributed by atoms with E-state index in [4.69, 9.17) is 5.11 Å². The summed E-state index contributed by atoms with van der Waals surface area (Å²) >= 11 is 0. The molecule has 0 aliphatic carbocycles. The molecule has 0 spiro atoms. The maximum absolute atomic E-state index is 10.8. The molecule has 2 aromatic rings. The van der Waals surface area contributed by atoms with Crippen LogP contribution < -0.4 is 0 Å². The second kappa shape index (κ2) is 4.95. The van der Waals surface area contributed by atoms with Crippen molar-refractivity contribution in [1.82, 2.24) is 15.0 Å². The number of pyridine rings is 1. The van der Waals surface area contributed by atoms with Gasteiger partial charge in [0.1, 0.15) is 5.82 Å². The van der Waals surface area contributed by atoms with E-state index < -0.39 is 5.97 Å². The maximum Gasteiger partial charge on any atom is 0.337 e. The minimum Gasteiger partial charge on any atom is -0.478 e. The molecule has 0 bridgehead atoms. The van der Waals surface area contributed by atoms with Crippen molar-refractivity contribution >= 4 is 17.1 Å². The molecule has 0 fully saturated rings. The number of aromatic nitrogens is 3. The third-order valence-corrected chi connectivity index (χ3v) is 2.65. The summed E-state index contributed by atoms with van der Waals surface area (Å²) in [6, 6.07) is 1.57. The van der Waals surface area contributed by atoms with Crippen LogP contribution in [0.15, 0.2) is 12.3 Å². The number of imidazole rings is 1. The summed E-state index contributed by atoms with van der Waals surface area (Å²) < 4.78 is 0. The zero-order valence-electron chi connectivity index (χ0n) is 9.73. The highest BCUT2D eigenvalue weighted by atomic mass is 16.4. The summed E-state index contributed by atoms with van der Waals surface area (Å²) in [6.45, 7) is 2.15. The van der Waals surface area contributed by atoms with Crippen molar-refractivity contribution in [3.8, 4) is 0 Å². The third kappa shape index (κ3) is 2.61. The number of carboxylic acid groups (broad SMARTS) is 1. The molecule has 2 N–H and O–H groups in total. The van der Waals surface area contributed by atoms with E-state index in [0.717, 1.165) is 18.7 Å². The molecule has 0 saturated carbocycles. The monoisotopic (exact) mass is 233 g/mol. The number of unbranched alkanes of at least 4 members (excludes halogenated alkanes) is 2. The molecular weight excluding hydrogens is 218 g/mol. The van der Waals surface area contributed by atoms with Crippen LogP contribution in [0.2, 0.25) is 0 Å². The molecule has 0 aromatic carbocycles. The topological polar surface area (TPSA) is 78.9 Å². The zero-order chi connectivity index (χ0) is 12.3. The fraction of sp³-hybridized carbons (Fsp3) is 0.417. The number of carbonyl (C=O) groups is 1. The van der Waals surface area contributed by atoms with Gasteiger partial charge in [0.05, 0.1) is 11.1 Å². The number of hydrogen-bond donors (Lipinski definition) is 2. The van der Waals surface area contributed by atoms with Crippen LogP contribution in [0.1, 0.15) is 42.4 Å². The molecule has 0 aliphatic heterocycles. The molecule has 2 heterocycles. The highest BCUT2D eigenvalue weighted by Crippen LogP contribution is 2.12. The number of hydrogen-bond acceptors (Lipinski definition) is 3. The molecule has 0 atom stereocenters. The summed E-state index contributed by atoms with van der Waals surface area (Å²) in [4.78, 5) is 22.3. The Balaban J connectivity index is 2.21. The highest BCUT2D eigenvalue weighted by Gasteiger charge is 2.08. The van der Waals surface area contributed by atoms with Gasteiger partial charge in [0, 0.05) is 12.6 Å². The van der Waals surface area contributed by atoms with Crippen LogP contribution in [0.4, 0.5) is 0 Å². The van der Waals surface area contributed by atoms with Crippen molar-refractivity contribution < 1.29 is 9.90 Å². The van der Waals surface area contributed by atoms with Crippen LogP contribution in [-0.2, 0) is 6.42 Å². The largest absolute Gasteiger partial charge is 0.478 e. The number of nitrogens with one attached hydrogen (secondary N) is 1. The number of aryl methyl sites for hydroxylation is 1. The second-order valence-electron chi connectivity index (χ2n) is 4.04. The van der Waals surface area contributed by atoms with Crippen molar-refractivity contribution in [2.45, 2.75) is 32.6 Å². The van der Waals surface area contributed by atoms with Crippen LogP contribution in [0.3, 0.4) is 0 Å². The van der Waals surface area contributed by atoms with Gasteiger partial charge in [-0.1, -0.05) is 19.8 Å². The van der Waals surface area contributed by atoms with Gasteiger partial charge in [-0.15, -0.1) is 0 Å². The number of aromatic amines is 1. The van der Waals surface area contributed by atoms with Gasteiger partial charge in [-0.25, -0.2) is 14.8 Å². The van der Waals surface area contributed by atoms with Crippen LogP contribution >= 0.6 is 0 Å². The van der Waals surface area contributed by atoms with E-state index in [-0.39, 0.29) is 5.56 Å². The van der Waals surface area contributed by atoms with Crippen LogP contribution in [0, 0.1) is 0 Å². The minimum absolute atomic E-state index is 0.182. The Kier molecular flexibility index (Phi) is 3.37. The first-order valence-corrected chi connectivity index (χ1v) is 5.78.